The Hall–Kier alpha value is -1.37. The van der Waals surface area contributed by atoms with Crippen LogP contribution in [0.15, 0.2) is 0 Å². The number of nitrogens with zero attached hydrogens (tertiary/aromatic N) is 2. The number of carbonyl (C=O) groups excluding carboxylic acids is 2. The fourth-order valence-corrected chi connectivity index (χ4v) is 3.93. The normalized spacial score (nSPS) is 34.5. The lowest BCUT2D eigenvalue weighted by Gasteiger charge is -2.30. The highest BCUT2D eigenvalue weighted by atomic mass is 16.2. The van der Waals surface area contributed by atoms with E-state index in [1.807, 2.05) is 0 Å². The lowest BCUT2D eigenvalue weighted by Crippen LogP contribution is -2.49. The van der Waals surface area contributed by atoms with Gasteiger partial charge in [-0.2, -0.15) is 5.26 Å². The van der Waals surface area contributed by atoms with Crippen molar-refractivity contribution in [1.82, 2.24) is 4.90 Å². The molecule has 0 aromatic rings. The minimum Gasteiger partial charge on any atom is -0.274 e. The van der Waals surface area contributed by atoms with E-state index in [4.69, 9.17) is 0 Å². The van der Waals surface area contributed by atoms with Crippen molar-refractivity contribution < 1.29 is 9.59 Å². The monoisotopic (exact) mass is 246 g/mol. The summed E-state index contributed by atoms with van der Waals surface area (Å²) in [5.41, 5.74) is -0.814. The highest BCUT2D eigenvalue weighted by molar-refractivity contribution is 6.06. The summed E-state index contributed by atoms with van der Waals surface area (Å²) >= 11 is 0. The molecule has 2 atom stereocenters. The van der Waals surface area contributed by atoms with Gasteiger partial charge in [0.25, 0.3) is 0 Å². The second-order valence-corrected chi connectivity index (χ2v) is 5.86. The molecule has 18 heavy (non-hydrogen) atoms. The van der Waals surface area contributed by atoms with Crippen LogP contribution in [-0.4, -0.2) is 22.3 Å². The van der Waals surface area contributed by atoms with Crippen LogP contribution in [0.5, 0.6) is 0 Å². The number of rotatable bonds is 1. The van der Waals surface area contributed by atoms with Crippen LogP contribution >= 0.6 is 0 Å². The van der Waals surface area contributed by atoms with E-state index >= 15 is 0 Å². The molecule has 0 aromatic carbocycles. The third-order valence-corrected chi connectivity index (χ3v) is 4.91. The van der Waals surface area contributed by atoms with Gasteiger partial charge in [-0.3, -0.25) is 14.5 Å². The average Bonchev–Trinajstić information content (AvgIpc) is 2.96. The summed E-state index contributed by atoms with van der Waals surface area (Å²) in [6.45, 7) is 0. The zero-order valence-electron chi connectivity index (χ0n) is 10.5. The van der Waals surface area contributed by atoms with Crippen molar-refractivity contribution in [3.8, 4) is 6.07 Å². The van der Waals surface area contributed by atoms with Gasteiger partial charge >= 0.3 is 0 Å². The Kier molecular flexibility index (Phi) is 2.65. The van der Waals surface area contributed by atoms with Crippen molar-refractivity contribution in [1.29, 1.82) is 5.26 Å². The van der Waals surface area contributed by atoms with Crippen molar-refractivity contribution in [2.24, 2.45) is 11.8 Å². The lowest BCUT2D eigenvalue weighted by atomic mass is 9.81. The first-order valence-electron chi connectivity index (χ1n) is 6.99. The predicted octanol–water partition coefficient (Wildman–Crippen LogP) is 2.00. The van der Waals surface area contributed by atoms with E-state index in [1.165, 1.54) is 4.90 Å². The molecule has 0 radical (unpaired) electrons. The Bertz CT molecular complexity index is 408. The van der Waals surface area contributed by atoms with Crippen LogP contribution in [0.4, 0.5) is 0 Å². The molecule has 0 aromatic heterocycles. The molecule has 96 valence electrons. The van der Waals surface area contributed by atoms with Crippen LogP contribution in [0.25, 0.3) is 0 Å². The highest BCUT2D eigenvalue weighted by Gasteiger charge is 2.56. The number of fused-ring (bicyclic) bond motifs is 1. The van der Waals surface area contributed by atoms with Crippen molar-refractivity contribution in [3.63, 3.8) is 0 Å². The highest BCUT2D eigenvalue weighted by Crippen LogP contribution is 2.45. The molecule has 3 fully saturated rings. The molecule has 4 nitrogen and oxygen atoms in total. The maximum atomic E-state index is 12.5. The lowest BCUT2D eigenvalue weighted by molar-refractivity contribution is -0.145. The number of carbonyl (C=O) groups is 2. The SMILES string of the molecule is N#CC1(N2C(=O)C3CCCCC3C2=O)CCCC1. The van der Waals surface area contributed by atoms with E-state index in [0.717, 1.165) is 38.5 Å². The molecule has 2 amide bonds. The van der Waals surface area contributed by atoms with Crippen molar-refractivity contribution >= 4 is 11.8 Å². The Morgan fingerprint density at radius 3 is 1.94 bits per heavy atom. The summed E-state index contributed by atoms with van der Waals surface area (Å²) in [6, 6.07) is 2.27. The summed E-state index contributed by atoms with van der Waals surface area (Å²) in [5.74, 6) is -0.379. The van der Waals surface area contributed by atoms with E-state index in [9.17, 15) is 14.9 Å². The number of nitriles is 1. The smallest absolute Gasteiger partial charge is 0.234 e. The molecule has 0 bridgehead atoms. The third kappa shape index (κ3) is 1.43. The molecular weight excluding hydrogens is 228 g/mol. The number of amides is 2. The Labute approximate surface area is 107 Å². The fraction of sp³-hybridized carbons (Fsp3) is 0.786. The quantitative estimate of drug-likeness (QED) is 0.665. The van der Waals surface area contributed by atoms with E-state index in [2.05, 4.69) is 6.07 Å². The number of imide groups is 1. The molecule has 2 unspecified atom stereocenters. The van der Waals surface area contributed by atoms with Crippen LogP contribution in [-0.2, 0) is 9.59 Å². The van der Waals surface area contributed by atoms with Gasteiger partial charge in [0.15, 0.2) is 0 Å². The zero-order chi connectivity index (χ0) is 12.8. The van der Waals surface area contributed by atoms with Gasteiger partial charge in [-0.05, 0) is 38.5 Å². The molecule has 4 heteroatoms. The Morgan fingerprint density at radius 1 is 1.00 bits per heavy atom. The van der Waals surface area contributed by atoms with E-state index in [-0.39, 0.29) is 23.7 Å². The third-order valence-electron chi connectivity index (χ3n) is 4.91. The second-order valence-electron chi connectivity index (χ2n) is 5.86. The van der Waals surface area contributed by atoms with E-state index in [0.29, 0.717) is 12.8 Å². The molecule has 3 rings (SSSR count). The molecule has 1 heterocycles. The van der Waals surface area contributed by atoms with Gasteiger partial charge in [-0.1, -0.05) is 12.8 Å². The van der Waals surface area contributed by atoms with Crippen molar-refractivity contribution in [3.05, 3.63) is 0 Å². The van der Waals surface area contributed by atoms with Gasteiger partial charge in [0.2, 0.25) is 11.8 Å². The fourth-order valence-electron chi connectivity index (χ4n) is 3.93. The Balaban J connectivity index is 1.95. The summed E-state index contributed by atoms with van der Waals surface area (Å²) in [6.07, 6.45) is 6.95. The summed E-state index contributed by atoms with van der Waals surface area (Å²) in [7, 11) is 0. The summed E-state index contributed by atoms with van der Waals surface area (Å²) in [5, 5.41) is 9.45. The number of hydrogen-bond donors (Lipinski definition) is 0. The van der Waals surface area contributed by atoms with E-state index < -0.39 is 5.54 Å². The number of hydrogen-bond acceptors (Lipinski definition) is 3. The molecule has 2 aliphatic carbocycles. The predicted molar refractivity (Wildman–Crippen MR) is 64.1 cm³/mol. The Morgan fingerprint density at radius 2 is 1.50 bits per heavy atom. The van der Waals surface area contributed by atoms with Crippen LogP contribution in [0, 0.1) is 23.2 Å². The first kappa shape index (κ1) is 11.7. The molecular formula is C14H18N2O2. The van der Waals surface area contributed by atoms with Gasteiger partial charge in [-0.15, -0.1) is 0 Å². The van der Waals surface area contributed by atoms with Crippen molar-refractivity contribution in [2.75, 3.05) is 0 Å². The van der Waals surface area contributed by atoms with Gasteiger partial charge in [0.05, 0.1) is 17.9 Å². The molecule has 0 N–H and O–H groups in total. The number of likely N-dealkylation sites (tertiary alicyclic amines) is 1. The summed E-state index contributed by atoms with van der Waals surface area (Å²) < 4.78 is 0. The maximum absolute atomic E-state index is 12.5. The second kappa shape index (κ2) is 4.08. The standard InChI is InChI=1S/C14H18N2O2/c15-9-14(7-3-4-8-14)16-12(17)10-5-1-2-6-11(10)13(16)18/h10-11H,1-8H2. The first-order valence-corrected chi connectivity index (χ1v) is 6.99. The van der Waals surface area contributed by atoms with Gasteiger partial charge in [0, 0.05) is 0 Å². The largest absolute Gasteiger partial charge is 0.274 e. The maximum Gasteiger partial charge on any atom is 0.234 e. The topological polar surface area (TPSA) is 61.2 Å². The van der Waals surface area contributed by atoms with Gasteiger partial charge in [0.1, 0.15) is 5.54 Å². The van der Waals surface area contributed by atoms with E-state index in [1.54, 1.807) is 0 Å². The van der Waals surface area contributed by atoms with Crippen LogP contribution in [0.3, 0.4) is 0 Å². The molecule has 3 aliphatic rings. The average molecular weight is 246 g/mol. The molecule has 2 saturated carbocycles. The molecule has 0 spiro atoms. The first-order chi connectivity index (χ1) is 8.69. The van der Waals surface area contributed by atoms with Crippen LogP contribution in [0.2, 0.25) is 0 Å². The zero-order valence-corrected chi connectivity index (χ0v) is 10.5. The van der Waals surface area contributed by atoms with Crippen LogP contribution in [0.1, 0.15) is 51.4 Å². The minimum atomic E-state index is -0.814. The molecule has 1 saturated heterocycles. The minimum absolute atomic E-state index is 0.0619. The van der Waals surface area contributed by atoms with Gasteiger partial charge in [-0.25, -0.2) is 0 Å². The van der Waals surface area contributed by atoms with Crippen LogP contribution < -0.4 is 0 Å². The molecule has 1 aliphatic heterocycles. The van der Waals surface area contributed by atoms with Gasteiger partial charge < -0.3 is 0 Å². The van der Waals surface area contributed by atoms with Crippen molar-refractivity contribution in [2.45, 2.75) is 56.9 Å². The summed E-state index contributed by atoms with van der Waals surface area (Å²) in [4.78, 5) is 26.3.